The molecule has 1 aliphatic rings. The molecule has 0 unspecified atom stereocenters. The van der Waals surface area contributed by atoms with E-state index in [-0.39, 0.29) is 0 Å². The van der Waals surface area contributed by atoms with Crippen LogP contribution in [0.1, 0.15) is 25.3 Å². The summed E-state index contributed by atoms with van der Waals surface area (Å²) in [6.45, 7) is 6.25. The van der Waals surface area contributed by atoms with Crippen molar-refractivity contribution in [1.82, 2.24) is 14.3 Å². The van der Waals surface area contributed by atoms with Gasteiger partial charge in [0.25, 0.3) is 0 Å². The lowest BCUT2D eigenvalue weighted by Gasteiger charge is -2.26. The van der Waals surface area contributed by atoms with E-state index in [9.17, 15) is 0 Å². The van der Waals surface area contributed by atoms with Crippen molar-refractivity contribution >= 4 is 23.8 Å². The van der Waals surface area contributed by atoms with Gasteiger partial charge in [0.05, 0.1) is 19.6 Å². The maximum atomic E-state index is 6.09. The van der Waals surface area contributed by atoms with Crippen molar-refractivity contribution in [3.63, 3.8) is 0 Å². The second-order valence-corrected chi connectivity index (χ2v) is 8.58. The summed E-state index contributed by atoms with van der Waals surface area (Å²) in [5, 5.41) is 5.66. The molecule has 0 amide bonds. The number of rotatable bonds is 5. The van der Waals surface area contributed by atoms with Crippen molar-refractivity contribution < 1.29 is 4.90 Å². The fraction of sp³-hybridized carbons (Fsp3) is 0.364. The summed E-state index contributed by atoms with van der Waals surface area (Å²) in [7, 11) is 0. The molecule has 1 fully saturated rings. The van der Waals surface area contributed by atoms with Crippen LogP contribution in [0.2, 0.25) is 5.02 Å². The SMILES string of the molecule is CC1CC[NH+](Cn2nc(-c3ccc(Cl)cc3)n(Cc3ccccc3)c2=S)CC1. The first-order valence-corrected chi connectivity index (χ1v) is 10.7. The van der Waals surface area contributed by atoms with Crippen LogP contribution in [0.25, 0.3) is 11.4 Å². The fourth-order valence-electron chi connectivity index (χ4n) is 3.81. The van der Waals surface area contributed by atoms with Crippen molar-refractivity contribution in [3.8, 4) is 11.4 Å². The zero-order valence-electron chi connectivity index (χ0n) is 16.1. The molecule has 0 bridgehead atoms. The summed E-state index contributed by atoms with van der Waals surface area (Å²) >= 11 is 11.9. The molecule has 0 atom stereocenters. The molecule has 0 spiro atoms. The van der Waals surface area contributed by atoms with Crippen molar-refractivity contribution in [1.29, 1.82) is 0 Å². The van der Waals surface area contributed by atoms with Gasteiger partial charge >= 0.3 is 0 Å². The van der Waals surface area contributed by atoms with Crippen LogP contribution < -0.4 is 4.90 Å². The maximum Gasteiger partial charge on any atom is 0.203 e. The molecule has 1 aliphatic heterocycles. The molecule has 4 rings (SSSR count). The number of hydrogen-bond donors (Lipinski definition) is 1. The Kier molecular flexibility index (Phi) is 5.95. The van der Waals surface area contributed by atoms with E-state index in [1.165, 1.54) is 31.5 Å². The quantitative estimate of drug-likeness (QED) is 0.639. The fourth-order valence-corrected chi connectivity index (χ4v) is 4.19. The summed E-state index contributed by atoms with van der Waals surface area (Å²) in [5.74, 6) is 1.73. The lowest BCUT2D eigenvalue weighted by atomic mass is 10.00. The number of halogens is 1. The summed E-state index contributed by atoms with van der Waals surface area (Å²) in [4.78, 5) is 1.56. The van der Waals surface area contributed by atoms with Crippen LogP contribution in [0.3, 0.4) is 0 Å². The van der Waals surface area contributed by atoms with Crippen molar-refractivity contribution in [2.75, 3.05) is 13.1 Å². The van der Waals surface area contributed by atoms with Crippen LogP contribution in [0, 0.1) is 10.7 Å². The molecule has 0 aliphatic carbocycles. The Hall–Kier alpha value is -1.95. The predicted molar refractivity (Wildman–Crippen MR) is 116 cm³/mol. The highest BCUT2D eigenvalue weighted by molar-refractivity contribution is 7.71. The molecule has 28 heavy (non-hydrogen) atoms. The average molecular weight is 414 g/mol. The number of nitrogens with one attached hydrogen (secondary N) is 1. The molecule has 0 saturated carbocycles. The molecule has 3 aromatic rings. The van der Waals surface area contributed by atoms with Crippen LogP contribution in [-0.4, -0.2) is 27.4 Å². The predicted octanol–water partition coefficient (Wildman–Crippen LogP) is 4.06. The Morgan fingerprint density at radius 3 is 2.43 bits per heavy atom. The molecular weight excluding hydrogens is 388 g/mol. The number of nitrogens with zero attached hydrogens (tertiary/aromatic N) is 3. The largest absolute Gasteiger partial charge is 0.316 e. The number of aromatic nitrogens is 3. The third kappa shape index (κ3) is 4.37. The van der Waals surface area contributed by atoms with Gasteiger partial charge in [0.2, 0.25) is 4.77 Å². The van der Waals surface area contributed by atoms with Gasteiger partial charge in [-0.05, 0) is 60.8 Å². The molecular formula is C22H26ClN4S+. The Bertz CT molecular complexity index is 970. The normalized spacial score (nSPS) is 19.6. The molecule has 1 N–H and O–H groups in total. The van der Waals surface area contributed by atoms with Crippen LogP contribution in [0.4, 0.5) is 0 Å². The first-order valence-electron chi connectivity index (χ1n) is 9.91. The van der Waals surface area contributed by atoms with E-state index >= 15 is 0 Å². The molecule has 1 saturated heterocycles. The minimum absolute atomic E-state index is 0.712. The highest BCUT2D eigenvalue weighted by Gasteiger charge is 2.21. The van der Waals surface area contributed by atoms with Gasteiger partial charge in [0, 0.05) is 10.6 Å². The number of likely N-dealkylation sites (tertiary alicyclic amines) is 1. The van der Waals surface area contributed by atoms with Crippen molar-refractivity contribution in [3.05, 3.63) is 70.0 Å². The van der Waals surface area contributed by atoms with E-state index in [4.69, 9.17) is 28.9 Å². The van der Waals surface area contributed by atoms with Crippen LogP contribution in [0.5, 0.6) is 0 Å². The molecule has 1 aromatic heterocycles. The van der Waals surface area contributed by atoms with E-state index < -0.39 is 0 Å². The minimum atomic E-state index is 0.712. The Labute approximate surface area is 176 Å². The van der Waals surface area contributed by atoms with Gasteiger partial charge in [0.1, 0.15) is 0 Å². The van der Waals surface area contributed by atoms with Crippen LogP contribution in [-0.2, 0) is 13.2 Å². The van der Waals surface area contributed by atoms with Gasteiger partial charge < -0.3 is 4.90 Å². The third-order valence-electron chi connectivity index (χ3n) is 5.56. The van der Waals surface area contributed by atoms with E-state index in [2.05, 4.69) is 35.8 Å². The van der Waals surface area contributed by atoms with Gasteiger partial charge in [0.15, 0.2) is 12.5 Å². The van der Waals surface area contributed by atoms with E-state index in [1.54, 1.807) is 4.90 Å². The summed E-state index contributed by atoms with van der Waals surface area (Å²) in [6.07, 6.45) is 2.55. The smallest absolute Gasteiger partial charge is 0.203 e. The van der Waals surface area contributed by atoms with Gasteiger partial charge in [-0.1, -0.05) is 48.9 Å². The van der Waals surface area contributed by atoms with E-state index in [0.717, 1.165) is 33.8 Å². The molecule has 4 nitrogen and oxygen atoms in total. The molecule has 146 valence electrons. The summed E-state index contributed by atoms with van der Waals surface area (Å²) in [5.41, 5.74) is 2.25. The standard InChI is InChI=1S/C22H25ClN4S/c1-17-11-13-25(14-12-17)16-27-22(28)26(15-18-5-3-2-4-6-18)21(24-27)19-7-9-20(23)10-8-19/h2-10,17H,11-16H2,1H3/p+1. The zero-order chi connectivity index (χ0) is 19.5. The summed E-state index contributed by atoms with van der Waals surface area (Å²) < 4.78 is 4.92. The van der Waals surface area contributed by atoms with Crippen molar-refractivity contribution in [2.45, 2.75) is 33.0 Å². The maximum absolute atomic E-state index is 6.09. The first kappa shape index (κ1) is 19.4. The molecule has 6 heteroatoms. The second kappa shape index (κ2) is 8.60. The molecule has 0 radical (unpaired) electrons. The number of piperidine rings is 1. The van der Waals surface area contributed by atoms with Gasteiger partial charge in [-0.25, -0.2) is 0 Å². The van der Waals surface area contributed by atoms with Crippen LogP contribution in [0.15, 0.2) is 54.6 Å². The Morgan fingerprint density at radius 1 is 1.07 bits per heavy atom. The minimum Gasteiger partial charge on any atom is -0.316 e. The second-order valence-electron chi connectivity index (χ2n) is 7.77. The lowest BCUT2D eigenvalue weighted by molar-refractivity contribution is -0.929. The summed E-state index contributed by atoms with van der Waals surface area (Å²) in [6, 6.07) is 18.2. The highest BCUT2D eigenvalue weighted by Crippen LogP contribution is 2.22. The van der Waals surface area contributed by atoms with Gasteiger partial charge in [-0.3, -0.25) is 4.57 Å². The van der Waals surface area contributed by atoms with E-state index in [1.807, 2.05) is 35.0 Å². The Morgan fingerprint density at radius 2 is 1.75 bits per heavy atom. The van der Waals surface area contributed by atoms with Gasteiger partial charge in [-0.15, -0.1) is 5.10 Å². The number of benzene rings is 2. The van der Waals surface area contributed by atoms with E-state index in [0.29, 0.717) is 6.54 Å². The van der Waals surface area contributed by atoms with Gasteiger partial charge in [-0.2, -0.15) is 4.68 Å². The number of hydrogen-bond acceptors (Lipinski definition) is 2. The van der Waals surface area contributed by atoms with Crippen LogP contribution >= 0.6 is 23.8 Å². The number of quaternary nitrogens is 1. The monoisotopic (exact) mass is 413 g/mol. The average Bonchev–Trinajstić information content (AvgIpc) is 3.01. The Balaban J connectivity index is 1.68. The topological polar surface area (TPSA) is 27.2 Å². The molecule has 2 aromatic carbocycles. The zero-order valence-corrected chi connectivity index (χ0v) is 17.7. The first-order chi connectivity index (χ1) is 13.6. The van der Waals surface area contributed by atoms with Crippen molar-refractivity contribution in [2.24, 2.45) is 5.92 Å². The highest BCUT2D eigenvalue weighted by atomic mass is 35.5. The molecule has 2 heterocycles. The lowest BCUT2D eigenvalue weighted by Crippen LogP contribution is -3.12. The third-order valence-corrected chi connectivity index (χ3v) is 6.25.